The largest absolute Gasteiger partial charge is 0.497 e. The van der Waals surface area contributed by atoms with Gasteiger partial charge in [-0.15, -0.1) is 0 Å². The molecule has 2 aromatic carbocycles. The highest BCUT2D eigenvalue weighted by Crippen LogP contribution is 2.42. The summed E-state index contributed by atoms with van der Waals surface area (Å²) >= 11 is 0. The molecule has 6 rings (SSSR count). The Morgan fingerprint density at radius 2 is 1.81 bits per heavy atom. The Kier molecular flexibility index (Phi) is 5.71. The van der Waals surface area contributed by atoms with E-state index in [4.69, 9.17) is 24.4 Å². The zero-order valence-electron chi connectivity index (χ0n) is 20.5. The quantitative estimate of drug-likeness (QED) is 0.364. The fourth-order valence-electron chi connectivity index (χ4n) is 5.20. The molecule has 1 aliphatic heterocycles. The number of hydrogen-bond donors (Lipinski definition) is 1. The van der Waals surface area contributed by atoms with Crippen LogP contribution in [0.2, 0.25) is 0 Å². The molecule has 2 aliphatic rings. The summed E-state index contributed by atoms with van der Waals surface area (Å²) in [7, 11) is 3.34. The molecule has 0 bridgehead atoms. The van der Waals surface area contributed by atoms with Crippen molar-refractivity contribution in [3.05, 3.63) is 72.1 Å². The number of ether oxygens (including phenoxy) is 2. The summed E-state index contributed by atoms with van der Waals surface area (Å²) < 4.78 is 12.6. The lowest BCUT2D eigenvalue weighted by Crippen LogP contribution is -2.24. The van der Waals surface area contributed by atoms with Crippen molar-refractivity contribution in [2.45, 2.75) is 44.2 Å². The molecule has 3 heterocycles. The zero-order chi connectivity index (χ0) is 24.5. The van der Waals surface area contributed by atoms with Gasteiger partial charge in [0.2, 0.25) is 0 Å². The van der Waals surface area contributed by atoms with Gasteiger partial charge < -0.3 is 19.6 Å². The van der Waals surface area contributed by atoms with Crippen LogP contribution in [0.15, 0.2) is 66.1 Å². The first kappa shape index (κ1) is 22.4. The Labute approximate surface area is 209 Å². The number of nitrogens with one attached hydrogen (secondary N) is 1. The molecule has 4 aromatic rings. The second kappa shape index (κ2) is 9.18. The first-order chi connectivity index (χ1) is 17.7. The van der Waals surface area contributed by atoms with E-state index in [1.54, 1.807) is 14.2 Å². The predicted octanol–water partition coefficient (Wildman–Crippen LogP) is 5.68. The summed E-state index contributed by atoms with van der Waals surface area (Å²) in [6.07, 6.45) is 9.04. The summed E-state index contributed by atoms with van der Waals surface area (Å²) in [5.41, 5.74) is 5.47. The van der Waals surface area contributed by atoms with Gasteiger partial charge in [0.25, 0.3) is 0 Å². The van der Waals surface area contributed by atoms with E-state index in [0.717, 1.165) is 70.0 Å². The van der Waals surface area contributed by atoms with Gasteiger partial charge in [0.1, 0.15) is 17.1 Å². The normalized spacial score (nSPS) is 16.2. The molecule has 1 saturated carbocycles. The van der Waals surface area contributed by atoms with E-state index >= 15 is 0 Å². The van der Waals surface area contributed by atoms with Gasteiger partial charge in [0.05, 0.1) is 43.7 Å². The van der Waals surface area contributed by atoms with Crippen molar-refractivity contribution >= 4 is 28.1 Å². The number of anilines is 2. The first-order valence-corrected chi connectivity index (χ1v) is 12.3. The lowest BCUT2D eigenvalue weighted by Gasteiger charge is -2.19. The van der Waals surface area contributed by atoms with Crippen molar-refractivity contribution in [3.8, 4) is 11.5 Å². The molecule has 1 N–H and O–H groups in total. The van der Waals surface area contributed by atoms with E-state index in [-0.39, 0.29) is 5.60 Å². The molecule has 2 aromatic heterocycles. The zero-order valence-corrected chi connectivity index (χ0v) is 20.5. The summed E-state index contributed by atoms with van der Waals surface area (Å²) in [4.78, 5) is 10.8. The third kappa shape index (κ3) is 4.12. The number of pyridine rings is 1. The van der Waals surface area contributed by atoms with Gasteiger partial charge in [-0.1, -0.05) is 23.4 Å². The molecule has 36 heavy (non-hydrogen) atoms. The van der Waals surface area contributed by atoms with Crippen LogP contribution in [0.1, 0.15) is 43.2 Å². The van der Waals surface area contributed by atoms with Gasteiger partial charge in [0.15, 0.2) is 5.65 Å². The molecule has 1 spiro atoms. The Morgan fingerprint density at radius 1 is 1.00 bits per heavy atom. The molecule has 0 saturated heterocycles. The first-order valence-electron chi connectivity index (χ1n) is 12.3. The Bertz CT molecular complexity index is 1420. The number of rotatable bonds is 7. The van der Waals surface area contributed by atoms with Crippen LogP contribution in [-0.4, -0.2) is 40.3 Å². The topological polar surface area (TPSA) is 82.8 Å². The smallest absolute Gasteiger partial charge is 0.160 e. The highest BCUT2D eigenvalue weighted by Gasteiger charge is 2.42. The molecular weight excluding hydrogens is 454 g/mol. The summed E-state index contributed by atoms with van der Waals surface area (Å²) in [6.45, 7) is 0.603. The minimum absolute atomic E-state index is 0.157. The highest BCUT2D eigenvalue weighted by atomic mass is 16.7. The van der Waals surface area contributed by atoms with Crippen LogP contribution in [0.5, 0.6) is 11.5 Å². The molecule has 0 atom stereocenters. The molecule has 1 aliphatic carbocycles. The molecule has 0 amide bonds. The van der Waals surface area contributed by atoms with Gasteiger partial charge in [-0.3, -0.25) is 0 Å². The number of benzene rings is 2. The van der Waals surface area contributed by atoms with Gasteiger partial charge >= 0.3 is 0 Å². The summed E-state index contributed by atoms with van der Waals surface area (Å²) in [5, 5.41) is 13.8. The van der Waals surface area contributed by atoms with Crippen molar-refractivity contribution in [3.63, 3.8) is 0 Å². The maximum atomic E-state index is 6.01. The predicted molar refractivity (Wildman–Crippen MR) is 139 cm³/mol. The van der Waals surface area contributed by atoms with Crippen LogP contribution >= 0.6 is 0 Å². The van der Waals surface area contributed by atoms with Crippen LogP contribution in [-0.2, 0) is 11.4 Å². The van der Waals surface area contributed by atoms with E-state index in [9.17, 15) is 0 Å². The van der Waals surface area contributed by atoms with Crippen LogP contribution in [0.3, 0.4) is 0 Å². The molecule has 0 radical (unpaired) electrons. The standard InChI is InChI=1S/C28H29N5O3/c1-34-21-10-8-19(9-11-21)18-33-27-24(17-30-33)26(31-20-6-5-7-22(14-20)35-2)23(16-29-27)25-15-28(36-32-25)12-3-4-13-28/h5-11,14,16-17H,3-4,12-13,15,18H2,1-2H3,(H,29,31). The number of fused-ring (bicyclic) bond motifs is 1. The Morgan fingerprint density at radius 3 is 2.58 bits per heavy atom. The van der Waals surface area contributed by atoms with Crippen LogP contribution < -0.4 is 14.8 Å². The average molecular weight is 484 g/mol. The van der Waals surface area contributed by atoms with E-state index in [0.29, 0.717) is 6.54 Å². The third-order valence-corrected chi connectivity index (χ3v) is 7.16. The number of nitrogens with zero attached hydrogens (tertiary/aromatic N) is 4. The SMILES string of the molecule is COc1ccc(Cn2ncc3c(Nc4cccc(OC)c4)c(C4=NOC5(CCCC5)C4)cnc32)cc1. The molecular formula is C28H29N5O3. The number of methoxy groups -OCH3 is 2. The Hall–Kier alpha value is -4.07. The molecule has 184 valence electrons. The fourth-order valence-corrected chi connectivity index (χ4v) is 5.20. The lowest BCUT2D eigenvalue weighted by atomic mass is 9.92. The van der Waals surface area contributed by atoms with E-state index in [1.165, 1.54) is 12.8 Å². The number of aromatic nitrogens is 3. The van der Waals surface area contributed by atoms with Gasteiger partial charge in [-0.05, 0) is 55.5 Å². The van der Waals surface area contributed by atoms with Crippen molar-refractivity contribution in [1.82, 2.24) is 14.8 Å². The highest BCUT2D eigenvalue weighted by molar-refractivity contribution is 6.11. The maximum absolute atomic E-state index is 6.01. The molecule has 8 nitrogen and oxygen atoms in total. The second-order valence-electron chi connectivity index (χ2n) is 9.49. The van der Waals surface area contributed by atoms with Crippen LogP contribution in [0.25, 0.3) is 11.0 Å². The van der Waals surface area contributed by atoms with Crippen molar-refractivity contribution in [2.24, 2.45) is 5.16 Å². The average Bonchev–Trinajstić information content (AvgIpc) is 3.66. The minimum atomic E-state index is -0.157. The second-order valence-corrected chi connectivity index (χ2v) is 9.49. The van der Waals surface area contributed by atoms with Crippen molar-refractivity contribution in [2.75, 3.05) is 19.5 Å². The fraction of sp³-hybridized carbons (Fsp3) is 0.321. The molecule has 0 unspecified atom stereocenters. The van der Waals surface area contributed by atoms with Crippen molar-refractivity contribution < 1.29 is 14.3 Å². The maximum Gasteiger partial charge on any atom is 0.160 e. The van der Waals surface area contributed by atoms with Crippen LogP contribution in [0, 0.1) is 0 Å². The van der Waals surface area contributed by atoms with Crippen molar-refractivity contribution in [1.29, 1.82) is 0 Å². The molecule has 8 heteroatoms. The molecule has 1 fully saturated rings. The number of oxime groups is 1. The lowest BCUT2D eigenvalue weighted by molar-refractivity contribution is -0.0126. The monoisotopic (exact) mass is 483 g/mol. The van der Waals surface area contributed by atoms with E-state index < -0.39 is 0 Å². The van der Waals surface area contributed by atoms with E-state index in [2.05, 4.69) is 10.5 Å². The van der Waals surface area contributed by atoms with Gasteiger partial charge in [0, 0.05) is 29.9 Å². The third-order valence-electron chi connectivity index (χ3n) is 7.16. The number of hydrogen-bond acceptors (Lipinski definition) is 7. The van der Waals surface area contributed by atoms with Crippen LogP contribution in [0.4, 0.5) is 11.4 Å². The summed E-state index contributed by atoms with van der Waals surface area (Å²) in [5.74, 6) is 1.62. The minimum Gasteiger partial charge on any atom is -0.497 e. The van der Waals surface area contributed by atoms with Gasteiger partial charge in [-0.2, -0.15) is 5.10 Å². The van der Waals surface area contributed by atoms with E-state index in [1.807, 2.05) is 65.6 Å². The summed E-state index contributed by atoms with van der Waals surface area (Å²) in [6, 6.07) is 15.9. The van der Waals surface area contributed by atoms with Gasteiger partial charge in [-0.25, -0.2) is 9.67 Å². The Balaban J connectivity index is 1.39.